The zero-order valence-electron chi connectivity index (χ0n) is 20.8. The first-order chi connectivity index (χ1) is 17.0. The molecule has 0 unspecified atom stereocenters. The minimum Gasteiger partial charge on any atom is -0.346 e. The minimum atomic E-state index is -3.67. The predicted octanol–water partition coefficient (Wildman–Crippen LogP) is 7.92. The van der Waals surface area contributed by atoms with Crippen LogP contribution in [-0.2, 0) is 10.0 Å². The van der Waals surface area contributed by atoms with Gasteiger partial charge in [0.05, 0.1) is 4.90 Å². The van der Waals surface area contributed by atoms with E-state index in [1.807, 2.05) is 39.2 Å². The summed E-state index contributed by atoms with van der Waals surface area (Å²) in [5.41, 5.74) is 4.73. The lowest BCUT2D eigenvalue weighted by molar-refractivity contribution is 0.588. The molecule has 9 heteroatoms. The van der Waals surface area contributed by atoms with Crippen molar-refractivity contribution >= 4 is 63.9 Å². The summed E-state index contributed by atoms with van der Waals surface area (Å²) >= 11 is 6.83. The van der Waals surface area contributed by atoms with E-state index in [1.54, 1.807) is 36.7 Å². The third-order valence-electron chi connectivity index (χ3n) is 5.96. The van der Waals surface area contributed by atoms with Gasteiger partial charge in [-0.1, -0.05) is 45.4 Å². The summed E-state index contributed by atoms with van der Waals surface area (Å²) in [7, 11) is -3.67. The number of H-pyrrole nitrogens is 1. The maximum atomic E-state index is 13.0. The molecule has 36 heavy (non-hydrogen) atoms. The van der Waals surface area contributed by atoms with E-state index in [1.165, 1.54) is 14.9 Å². The number of hydrogen-bond donors (Lipinski definition) is 1. The number of rotatable bonds is 4. The first kappa shape index (κ1) is 26.6. The molecule has 0 fully saturated rings. The van der Waals surface area contributed by atoms with Crippen LogP contribution in [0.3, 0.4) is 0 Å². The largest absolute Gasteiger partial charge is 0.346 e. The number of aromatic nitrogens is 4. The maximum absolute atomic E-state index is 13.0. The summed E-state index contributed by atoms with van der Waals surface area (Å²) in [6, 6.07) is 10.9. The van der Waals surface area contributed by atoms with Crippen molar-refractivity contribution in [3.8, 4) is 0 Å². The highest BCUT2D eigenvalue weighted by atomic mass is 79.9. The first-order valence-corrected chi connectivity index (χ1v) is 14.6. The first-order valence-electron chi connectivity index (χ1n) is 11.6. The zero-order chi connectivity index (χ0) is 26.2. The quantitative estimate of drug-likeness (QED) is 0.218. The highest BCUT2D eigenvalue weighted by Gasteiger charge is 2.23. The van der Waals surface area contributed by atoms with Gasteiger partial charge in [-0.25, -0.2) is 22.4 Å². The number of halogens is 2. The molecule has 1 N–H and O–H groups in total. The molecule has 1 aromatic carbocycles. The molecule has 4 aromatic heterocycles. The van der Waals surface area contributed by atoms with Crippen molar-refractivity contribution < 1.29 is 8.42 Å². The van der Waals surface area contributed by atoms with E-state index in [9.17, 15) is 8.42 Å². The van der Waals surface area contributed by atoms with Gasteiger partial charge in [0.15, 0.2) is 5.65 Å². The van der Waals surface area contributed by atoms with E-state index in [0.29, 0.717) is 11.6 Å². The summed E-state index contributed by atoms with van der Waals surface area (Å²) in [4.78, 5) is 12.0. The Morgan fingerprint density at radius 2 is 1.44 bits per heavy atom. The van der Waals surface area contributed by atoms with Crippen molar-refractivity contribution in [2.24, 2.45) is 0 Å². The van der Waals surface area contributed by atoms with Crippen LogP contribution >= 0.6 is 31.9 Å². The highest BCUT2D eigenvalue weighted by Crippen LogP contribution is 2.31. The maximum Gasteiger partial charge on any atom is 0.269 e. The van der Waals surface area contributed by atoms with Crippen LogP contribution in [0.15, 0.2) is 75.0 Å². The van der Waals surface area contributed by atoms with Gasteiger partial charge in [0.1, 0.15) is 5.65 Å². The van der Waals surface area contributed by atoms with Crippen LogP contribution in [0.4, 0.5) is 0 Å². The number of aryl methyl sites for hydroxylation is 1. The molecule has 0 amide bonds. The highest BCUT2D eigenvalue weighted by molar-refractivity contribution is 9.10. The van der Waals surface area contributed by atoms with Crippen molar-refractivity contribution in [3.05, 3.63) is 86.8 Å². The van der Waals surface area contributed by atoms with Gasteiger partial charge in [-0.05, 0) is 86.0 Å². The number of fused-ring (bicyclic) bond motifs is 2. The van der Waals surface area contributed by atoms with Crippen LogP contribution in [-0.4, -0.2) is 27.3 Å². The number of aromatic amines is 1. The number of nitrogens with zero attached hydrogens (tertiary/aromatic N) is 3. The summed E-state index contributed by atoms with van der Waals surface area (Å²) in [6.45, 7) is 10.4. The molecule has 0 aliphatic rings. The number of pyridine rings is 2. The molecule has 0 bridgehead atoms. The Morgan fingerprint density at radius 1 is 0.861 bits per heavy atom. The standard InChI is InChI=1S/C17H17BrN2O2S.C10H11BrN2/c1-11(2)16-10-20(17-15(16)8-13(18)9-19-17)23(21,22)14-6-4-12(3)5-7-14;1-6(2)9-5-13-10-8(9)3-7(11)4-12-10/h4-11H,1-3H3;3-6H,1-2H3,(H,12,13). The Kier molecular flexibility index (Phi) is 7.73. The molecule has 0 aliphatic heterocycles. The van der Waals surface area contributed by atoms with Crippen LogP contribution in [0, 0.1) is 6.92 Å². The van der Waals surface area contributed by atoms with E-state index in [0.717, 1.165) is 31.1 Å². The van der Waals surface area contributed by atoms with Crippen LogP contribution in [0.5, 0.6) is 0 Å². The lowest BCUT2D eigenvalue weighted by atomic mass is 10.0. The molecule has 0 spiro atoms. The van der Waals surface area contributed by atoms with Crippen LogP contribution in [0.1, 0.15) is 56.2 Å². The predicted molar refractivity (Wildman–Crippen MR) is 153 cm³/mol. The Labute approximate surface area is 228 Å². The Balaban J connectivity index is 0.000000197. The molecular weight excluding hydrogens is 604 g/mol. The number of nitrogens with one attached hydrogen (secondary N) is 1. The minimum absolute atomic E-state index is 0.197. The molecule has 4 heterocycles. The number of hydrogen-bond acceptors (Lipinski definition) is 4. The molecule has 188 valence electrons. The van der Waals surface area contributed by atoms with Crippen LogP contribution in [0.25, 0.3) is 22.1 Å². The van der Waals surface area contributed by atoms with E-state index >= 15 is 0 Å². The van der Waals surface area contributed by atoms with Gasteiger partial charge < -0.3 is 4.98 Å². The SMILES string of the molecule is CC(C)c1c[nH]c2ncc(Br)cc12.Cc1ccc(S(=O)(=O)n2cc(C(C)C)c3cc(Br)cnc32)cc1. The zero-order valence-corrected chi connectivity index (χ0v) is 24.7. The van der Waals surface area contributed by atoms with Gasteiger partial charge in [0, 0.05) is 44.5 Å². The van der Waals surface area contributed by atoms with E-state index < -0.39 is 10.0 Å². The molecule has 0 atom stereocenters. The van der Waals surface area contributed by atoms with Gasteiger partial charge in [-0.3, -0.25) is 0 Å². The molecule has 0 aliphatic carbocycles. The summed E-state index contributed by atoms with van der Waals surface area (Å²) in [6.07, 6.45) is 7.15. The molecular formula is C27H28Br2N4O2S. The molecule has 0 radical (unpaired) electrons. The second kappa shape index (κ2) is 10.5. The van der Waals surface area contributed by atoms with E-state index in [-0.39, 0.29) is 10.8 Å². The Morgan fingerprint density at radius 3 is 2.06 bits per heavy atom. The second-order valence-electron chi connectivity index (χ2n) is 9.33. The van der Waals surface area contributed by atoms with E-state index in [4.69, 9.17) is 0 Å². The van der Waals surface area contributed by atoms with Crippen molar-refractivity contribution in [1.82, 2.24) is 18.9 Å². The topological polar surface area (TPSA) is 80.6 Å². The van der Waals surface area contributed by atoms with E-state index in [2.05, 4.69) is 66.7 Å². The molecule has 0 saturated carbocycles. The van der Waals surface area contributed by atoms with Gasteiger partial charge in [0.2, 0.25) is 0 Å². The summed E-state index contributed by atoms with van der Waals surface area (Å²) in [5, 5.41) is 2.06. The number of benzene rings is 1. The molecule has 6 nitrogen and oxygen atoms in total. The molecule has 5 aromatic rings. The van der Waals surface area contributed by atoms with Gasteiger partial charge in [0.25, 0.3) is 10.0 Å². The average Bonchev–Trinajstić information content (AvgIpc) is 3.41. The fourth-order valence-corrected chi connectivity index (χ4v) is 6.02. The van der Waals surface area contributed by atoms with Crippen LogP contribution < -0.4 is 0 Å². The lowest BCUT2D eigenvalue weighted by Crippen LogP contribution is -2.12. The third-order valence-corrected chi connectivity index (χ3v) is 8.49. The monoisotopic (exact) mass is 630 g/mol. The van der Waals surface area contributed by atoms with Crippen molar-refractivity contribution in [2.45, 2.75) is 51.3 Å². The summed E-state index contributed by atoms with van der Waals surface area (Å²) in [5.74, 6) is 0.730. The van der Waals surface area contributed by atoms with Crippen molar-refractivity contribution in [3.63, 3.8) is 0 Å². The lowest BCUT2D eigenvalue weighted by Gasteiger charge is -2.07. The van der Waals surface area contributed by atoms with Gasteiger partial charge in [-0.2, -0.15) is 0 Å². The second-order valence-corrected chi connectivity index (χ2v) is 13.0. The Bertz CT molecular complexity index is 1640. The van der Waals surface area contributed by atoms with Crippen LogP contribution in [0.2, 0.25) is 0 Å². The third kappa shape index (κ3) is 5.28. The Hall–Kier alpha value is -2.49. The van der Waals surface area contributed by atoms with Crippen molar-refractivity contribution in [2.75, 3.05) is 0 Å². The fourth-order valence-electron chi connectivity index (χ4n) is 4.02. The summed E-state index contributed by atoms with van der Waals surface area (Å²) < 4.78 is 29.1. The molecule has 5 rings (SSSR count). The van der Waals surface area contributed by atoms with Gasteiger partial charge >= 0.3 is 0 Å². The van der Waals surface area contributed by atoms with Crippen molar-refractivity contribution in [1.29, 1.82) is 0 Å². The average molecular weight is 632 g/mol. The molecule has 0 saturated heterocycles. The fraction of sp³-hybridized carbons (Fsp3) is 0.259. The van der Waals surface area contributed by atoms with Gasteiger partial charge in [-0.15, -0.1) is 0 Å². The normalized spacial score (nSPS) is 11.9. The smallest absolute Gasteiger partial charge is 0.269 e.